The molecule has 2 rings (SSSR count). The van der Waals surface area contributed by atoms with Gasteiger partial charge in [-0.05, 0) is 33.0 Å². The predicted molar refractivity (Wildman–Crippen MR) is 59.4 cm³/mol. The van der Waals surface area contributed by atoms with Gasteiger partial charge in [-0.3, -0.25) is 0 Å². The largest absolute Gasteiger partial charge is 0.463 e. The minimum Gasteiger partial charge on any atom is -0.463 e. The van der Waals surface area contributed by atoms with Crippen LogP contribution in [0.1, 0.15) is 35.1 Å². The van der Waals surface area contributed by atoms with Crippen molar-refractivity contribution >= 4 is 5.97 Å². The molecule has 1 N–H and O–H groups in total. The number of ether oxygens (including phenoxy) is 1. The summed E-state index contributed by atoms with van der Waals surface area (Å²) in [6, 6.07) is 0. The van der Waals surface area contributed by atoms with Gasteiger partial charge in [0.15, 0.2) is 0 Å². The zero-order valence-corrected chi connectivity index (χ0v) is 9.69. The minimum absolute atomic E-state index is 0.302. The molecule has 0 radical (unpaired) electrons. The van der Waals surface area contributed by atoms with E-state index in [0.717, 1.165) is 31.6 Å². The molecule has 1 aromatic heterocycles. The van der Waals surface area contributed by atoms with Crippen molar-refractivity contribution in [3.05, 3.63) is 17.7 Å². The standard InChI is InChI=1S/C11H17N3O2/c1-14-5-3-8(4-6-14)9-7-12-10(13-9)11(15)16-2/h7-8H,3-6H2,1-2H3,(H,12,13). The maximum atomic E-state index is 11.2. The van der Waals surface area contributed by atoms with Gasteiger partial charge in [0.1, 0.15) is 0 Å². The highest BCUT2D eigenvalue weighted by Crippen LogP contribution is 2.25. The van der Waals surface area contributed by atoms with Crippen molar-refractivity contribution < 1.29 is 9.53 Å². The number of H-pyrrole nitrogens is 1. The van der Waals surface area contributed by atoms with Crippen LogP contribution in [0, 0.1) is 0 Å². The fourth-order valence-corrected chi connectivity index (χ4v) is 2.06. The van der Waals surface area contributed by atoms with Crippen molar-refractivity contribution in [2.75, 3.05) is 27.2 Å². The van der Waals surface area contributed by atoms with Crippen molar-refractivity contribution in [1.82, 2.24) is 14.9 Å². The van der Waals surface area contributed by atoms with E-state index in [-0.39, 0.29) is 0 Å². The molecule has 0 aromatic carbocycles. The number of nitrogens with zero attached hydrogens (tertiary/aromatic N) is 2. The van der Waals surface area contributed by atoms with E-state index in [0.29, 0.717) is 11.7 Å². The van der Waals surface area contributed by atoms with Crippen LogP contribution in [0.5, 0.6) is 0 Å². The summed E-state index contributed by atoms with van der Waals surface area (Å²) in [6.07, 6.45) is 3.97. The number of aromatic nitrogens is 2. The third kappa shape index (κ3) is 2.24. The number of piperidine rings is 1. The van der Waals surface area contributed by atoms with Gasteiger partial charge in [-0.25, -0.2) is 9.78 Å². The van der Waals surface area contributed by atoms with Crippen molar-refractivity contribution in [1.29, 1.82) is 0 Å². The van der Waals surface area contributed by atoms with Crippen molar-refractivity contribution in [3.63, 3.8) is 0 Å². The number of hydrogen-bond acceptors (Lipinski definition) is 4. The van der Waals surface area contributed by atoms with Gasteiger partial charge in [0.05, 0.1) is 7.11 Å². The number of esters is 1. The SMILES string of the molecule is COC(=O)c1ncc(C2CCN(C)CC2)[nH]1. The number of imidazole rings is 1. The second-order valence-corrected chi connectivity index (χ2v) is 4.26. The van der Waals surface area contributed by atoms with Crippen molar-refractivity contribution in [2.24, 2.45) is 0 Å². The first-order valence-electron chi connectivity index (χ1n) is 5.52. The summed E-state index contributed by atoms with van der Waals surface area (Å²) >= 11 is 0. The van der Waals surface area contributed by atoms with Gasteiger partial charge in [-0.2, -0.15) is 0 Å². The molecule has 16 heavy (non-hydrogen) atoms. The Morgan fingerprint density at radius 3 is 2.88 bits per heavy atom. The summed E-state index contributed by atoms with van der Waals surface area (Å²) in [5, 5.41) is 0. The molecule has 0 bridgehead atoms. The summed E-state index contributed by atoms with van der Waals surface area (Å²) in [5.74, 6) is 0.387. The molecule has 1 saturated heterocycles. The van der Waals surface area contributed by atoms with E-state index in [2.05, 4.69) is 26.7 Å². The normalized spacial score (nSPS) is 18.6. The lowest BCUT2D eigenvalue weighted by atomic mass is 9.94. The Morgan fingerprint density at radius 2 is 2.25 bits per heavy atom. The number of carbonyl (C=O) groups is 1. The molecule has 1 aromatic rings. The number of aromatic amines is 1. The Morgan fingerprint density at radius 1 is 1.56 bits per heavy atom. The number of methoxy groups -OCH3 is 1. The fourth-order valence-electron chi connectivity index (χ4n) is 2.06. The van der Waals surface area contributed by atoms with Gasteiger partial charge < -0.3 is 14.6 Å². The molecule has 5 heteroatoms. The quantitative estimate of drug-likeness (QED) is 0.760. The highest BCUT2D eigenvalue weighted by atomic mass is 16.5. The molecule has 2 heterocycles. The van der Waals surface area contributed by atoms with E-state index < -0.39 is 5.97 Å². The summed E-state index contributed by atoms with van der Waals surface area (Å²) < 4.78 is 4.61. The Balaban J connectivity index is 2.04. The number of carbonyl (C=O) groups excluding carboxylic acids is 1. The molecular formula is C11H17N3O2. The second-order valence-electron chi connectivity index (χ2n) is 4.26. The summed E-state index contributed by atoms with van der Waals surface area (Å²) in [6.45, 7) is 2.19. The molecular weight excluding hydrogens is 206 g/mol. The monoisotopic (exact) mass is 223 g/mol. The molecule has 0 atom stereocenters. The number of rotatable bonds is 2. The zero-order valence-electron chi connectivity index (χ0n) is 9.69. The van der Waals surface area contributed by atoms with E-state index in [1.807, 2.05) is 0 Å². The summed E-state index contributed by atoms with van der Waals surface area (Å²) in [5.41, 5.74) is 1.05. The van der Waals surface area contributed by atoms with Gasteiger partial charge >= 0.3 is 5.97 Å². The van der Waals surface area contributed by atoms with Gasteiger partial charge in [0.25, 0.3) is 0 Å². The maximum Gasteiger partial charge on any atom is 0.374 e. The first-order valence-corrected chi connectivity index (χ1v) is 5.52. The van der Waals surface area contributed by atoms with Gasteiger partial charge in [0.2, 0.25) is 5.82 Å². The van der Waals surface area contributed by atoms with Crippen LogP contribution < -0.4 is 0 Å². The molecule has 0 unspecified atom stereocenters. The average molecular weight is 223 g/mol. The van der Waals surface area contributed by atoms with Crippen LogP contribution in [-0.2, 0) is 4.74 Å². The van der Waals surface area contributed by atoms with E-state index in [1.54, 1.807) is 6.20 Å². The van der Waals surface area contributed by atoms with Gasteiger partial charge in [-0.1, -0.05) is 0 Å². The van der Waals surface area contributed by atoms with E-state index in [4.69, 9.17) is 0 Å². The van der Waals surface area contributed by atoms with Crippen LogP contribution in [0.3, 0.4) is 0 Å². The summed E-state index contributed by atoms with van der Waals surface area (Å²) in [7, 11) is 3.49. The molecule has 88 valence electrons. The number of nitrogens with one attached hydrogen (secondary N) is 1. The first kappa shape index (κ1) is 11.1. The van der Waals surface area contributed by atoms with Crippen LogP contribution in [-0.4, -0.2) is 48.1 Å². The van der Waals surface area contributed by atoms with E-state index >= 15 is 0 Å². The second kappa shape index (κ2) is 4.65. The summed E-state index contributed by atoms with van der Waals surface area (Å²) in [4.78, 5) is 20.6. The molecule has 1 aliphatic heterocycles. The van der Waals surface area contributed by atoms with Crippen LogP contribution >= 0.6 is 0 Å². The van der Waals surface area contributed by atoms with E-state index in [1.165, 1.54) is 7.11 Å². The highest BCUT2D eigenvalue weighted by Gasteiger charge is 2.21. The molecule has 5 nitrogen and oxygen atoms in total. The van der Waals surface area contributed by atoms with Crippen LogP contribution in [0.15, 0.2) is 6.20 Å². The van der Waals surface area contributed by atoms with E-state index in [9.17, 15) is 4.79 Å². The Bertz CT molecular complexity index is 367. The predicted octanol–water partition coefficient (Wildman–Crippen LogP) is 1.01. The lowest BCUT2D eigenvalue weighted by Crippen LogP contribution is -2.29. The van der Waals surface area contributed by atoms with Crippen LogP contribution in [0.2, 0.25) is 0 Å². The minimum atomic E-state index is -0.404. The van der Waals surface area contributed by atoms with Crippen LogP contribution in [0.4, 0.5) is 0 Å². The molecule has 1 fully saturated rings. The lowest BCUT2D eigenvalue weighted by Gasteiger charge is -2.28. The first-order chi connectivity index (χ1) is 7.70. The zero-order chi connectivity index (χ0) is 11.5. The van der Waals surface area contributed by atoms with Crippen molar-refractivity contribution in [3.8, 4) is 0 Å². The Hall–Kier alpha value is -1.36. The number of hydrogen-bond donors (Lipinski definition) is 1. The third-order valence-corrected chi connectivity index (χ3v) is 3.13. The fraction of sp³-hybridized carbons (Fsp3) is 0.636. The molecule has 1 aliphatic rings. The Kier molecular flexibility index (Phi) is 3.24. The van der Waals surface area contributed by atoms with Crippen LogP contribution in [0.25, 0.3) is 0 Å². The average Bonchev–Trinajstić information content (AvgIpc) is 2.78. The molecule has 0 aliphatic carbocycles. The topological polar surface area (TPSA) is 58.2 Å². The molecule has 0 amide bonds. The third-order valence-electron chi connectivity index (χ3n) is 3.13. The number of likely N-dealkylation sites (tertiary alicyclic amines) is 1. The van der Waals surface area contributed by atoms with Crippen molar-refractivity contribution in [2.45, 2.75) is 18.8 Å². The van der Waals surface area contributed by atoms with Gasteiger partial charge in [-0.15, -0.1) is 0 Å². The highest BCUT2D eigenvalue weighted by molar-refractivity contribution is 5.85. The maximum absolute atomic E-state index is 11.2. The molecule has 0 saturated carbocycles. The smallest absolute Gasteiger partial charge is 0.374 e. The molecule has 0 spiro atoms. The lowest BCUT2D eigenvalue weighted by molar-refractivity contribution is 0.0587. The Labute approximate surface area is 94.8 Å². The van der Waals surface area contributed by atoms with Gasteiger partial charge in [0, 0.05) is 17.8 Å².